The number of rotatable bonds is 4. The standard InChI is InChI=1S/C7H13N2O2P.C2H6/c1-6(3-8-4-10)7(11)9(2)5-12;1-2/h3-4H,5,12H2,1-2H3,(H,8,10);1-2H3/b6-3-;. The van der Waals surface area contributed by atoms with Crippen LogP contribution in [0.4, 0.5) is 0 Å². The summed E-state index contributed by atoms with van der Waals surface area (Å²) in [6.07, 6.45) is 2.48. The summed E-state index contributed by atoms with van der Waals surface area (Å²) >= 11 is 0. The van der Waals surface area contributed by atoms with Gasteiger partial charge in [-0.1, -0.05) is 13.8 Å². The lowest BCUT2D eigenvalue weighted by molar-refractivity contribution is -0.125. The van der Waals surface area contributed by atoms with Crippen LogP contribution in [0.2, 0.25) is 0 Å². The maximum atomic E-state index is 11.3. The first-order valence-electron chi connectivity index (χ1n) is 4.45. The zero-order valence-electron chi connectivity index (χ0n) is 9.20. The second-order valence-corrected chi connectivity index (χ2v) is 2.66. The largest absolute Gasteiger partial charge is 0.338 e. The van der Waals surface area contributed by atoms with Crippen molar-refractivity contribution < 1.29 is 9.59 Å². The van der Waals surface area contributed by atoms with Gasteiger partial charge in [0.2, 0.25) is 6.41 Å². The van der Waals surface area contributed by atoms with Gasteiger partial charge in [0.15, 0.2) is 0 Å². The molecule has 0 aliphatic rings. The van der Waals surface area contributed by atoms with Crippen LogP contribution in [0.1, 0.15) is 20.8 Å². The van der Waals surface area contributed by atoms with Crippen LogP contribution in [0, 0.1) is 0 Å². The van der Waals surface area contributed by atoms with E-state index in [2.05, 4.69) is 14.6 Å². The third kappa shape index (κ3) is 6.61. The first-order chi connectivity index (χ1) is 6.63. The van der Waals surface area contributed by atoms with Crippen LogP contribution in [-0.2, 0) is 9.59 Å². The average molecular weight is 218 g/mol. The number of hydrogen-bond acceptors (Lipinski definition) is 2. The van der Waals surface area contributed by atoms with Crippen LogP contribution in [0.3, 0.4) is 0 Å². The molecule has 0 aromatic rings. The number of amides is 2. The van der Waals surface area contributed by atoms with Gasteiger partial charge < -0.3 is 10.2 Å². The molecular weight excluding hydrogens is 199 g/mol. The summed E-state index contributed by atoms with van der Waals surface area (Å²) in [7, 11) is 4.13. The van der Waals surface area contributed by atoms with Gasteiger partial charge in [0, 0.05) is 25.1 Å². The topological polar surface area (TPSA) is 49.4 Å². The summed E-state index contributed by atoms with van der Waals surface area (Å²) in [4.78, 5) is 22.7. The van der Waals surface area contributed by atoms with Gasteiger partial charge >= 0.3 is 0 Å². The smallest absolute Gasteiger partial charge is 0.250 e. The molecule has 5 heteroatoms. The number of hydrogen-bond donors (Lipinski definition) is 1. The fourth-order valence-electron chi connectivity index (χ4n) is 0.605. The Balaban J connectivity index is 0. The molecule has 0 saturated heterocycles. The van der Waals surface area contributed by atoms with Gasteiger partial charge in [-0.05, 0) is 6.92 Å². The van der Waals surface area contributed by atoms with E-state index in [1.54, 1.807) is 14.0 Å². The molecule has 0 aliphatic heterocycles. The van der Waals surface area contributed by atoms with Crippen LogP contribution in [0.25, 0.3) is 0 Å². The Labute approximate surface area is 87.9 Å². The average Bonchev–Trinajstić information content (AvgIpc) is 2.26. The molecule has 0 radical (unpaired) electrons. The third-order valence-corrected chi connectivity index (χ3v) is 1.87. The number of nitrogens with one attached hydrogen (secondary N) is 1. The van der Waals surface area contributed by atoms with Crippen molar-refractivity contribution in [2.45, 2.75) is 20.8 Å². The highest BCUT2D eigenvalue weighted by Crippen LogP contribution is 1.99. The lowest BCUT2D eigenvalue weighted by Crippen LogP contribution is -2.26. The maximum Gasteiger partial charge on any atom is 0.250 e. The Bertz CT molecular complexity index is 205. The summed E-state index contributed by atoms with van der Waals surface area (Å²) in [5.74, 6) is -0.0978. The molecule has 2 amide bonds. The van der Waals surface area contributed by atoms with Gasteiger partial charge in [0.1, 0.15) is 0 Å². The Morgan fingerprint density at radius 2 is 2.00 bits per heavy atom. The van der Waals surface area contributed by atoms with E-state index in [1.165, 1.54) is 11.1 Å². The van der Waals surface area contributed by atoms with Gasteiger partial charge in [0.25, 0.3) is 5.91 Å². The molecule has 0 bridgehead atoms. The molecule has 4 nitrogen and oxygen atoms in total. The maximum absolute atomic E-state index is 11.3. The molecule has 0 fully saturated rings. The number of likely N-dealkylation sites (N-methyl/N-ethyl adjacent to an activating group) is 1. The molecular formula is C9H19N2O2P. The number of carbonyl (C=O) groups is 2. The van der Waals surface area contributed by atoms with E-state index < -0.39 is 0 Å². The van der Waals surface area contributed by atoms with Crippen molar-refractivity contribution in [3.8, 4) is 0 Å². The SMILES string of the molecule is C/C(=C/NC=O)C(=O)N(C)CP.CC. The summed E-state index contributed by atoms with van der Waals surface area (Å²) in [5.41, 5.74) is 0.507. The molecule has 82 valence electrons. The van der Waals surface area contributed by atoms with Crippen molar-refractivity contribution in [3.63, 3.8) is 0 Å². The molecule has 0 aliphatic carbocycles. The van der Waals surface area contributed by atoms with E-state index in [9.17, 15) is 9.59 Å². The normalized spacial score (nSPS) is 9.64. The Morgan fingerprint density at radius 3 is 2.36 bits per heavy atom. The summed E-state index contributed by atoms with van der Waals surface area (Å²) in [6, 6.07) is 0. The van der Waals surface area contributed by atoms with Crippen molar-refractivity contribution in [1.82, 2.24) is 10.2 Å². The van der Waals surface area contributed by atoms with E-state index in [0.29, 0.717) is 18.3 Å². The van der Waals surface area contributed by atoms with Crippen molar-refractivity contribution >= 4 is 21.6 Å². The lowest BCUT2D eigenvalue weighted by Gasteiger charge is -2.13. The lowest BCUT2D eigenvalue weighted by atomic mass is 10.3. The minimum Gasteiger partial charge on any atom is -0.338 e. The van der Waals surface area contributed by atoms with E-state index in [0.717, 1.165) is 0 Å². The second kappa shape index (κ2) is 10.2. The van der Waals surface area contributed by atoms with Crippen LogP contribution in [-0.4, -0.2) is 30.6 Å². The molecule has 0 aromatic heterocycles. The van der Waals surface area contributed by atoms with Crippen molar-refractivity contribution in [1.29, 1.82) is 0 Å². The van der Waals surface area contributed by atoms with E-state index in [-0.39, 0.29) is 5.91 Å². The molecule has 1 atom stereocenters. The molecule has 1 N–H and O–H groups in total. The Morgan fingerprint density at radius 1 is 1.50 bits per heavy atom. The summed E-state index contributed by atoms with van der Waals surface area (Å²) in [6.45, 7) is 5.65. The van der Waals surface area contributed by atoms with Crippen molar-refractivity contribution in [3.05, 3.63) is 11.8 Å². The van der Waals surface area contributed by atoms with Gasteiger partial charge in [-0.3, -0.25) is 9.59 Å². The van der Waals surface area contributed by atoms with Gasteiger partial charge in [-0.2, -0.15) is 0 Å². The minimum absolute atomic E-state index is 0.0978. The van der Waals surface area contributed by atoms with Gasteiger partial charge in [0.05, 0.1) is 0 Å². The summed E-state index contributed by atoms with van der Waals surface area (Å²) < 4.78 is 0. The molecule has 0 aromatic carbocycles. The molecule has 14 heavy (non-hydrogen) atoms. The molecule has 0 spiro atoms. The Hall–Kier alpha value is -0.890. The van der Waals surface area contributed by atoms with Crippen LogP contribution in [0.15, 0.2) is 11.8 Å². The van der Waals surface area contributed by atoms with Gasteiger partial charge in [-0.25, -0.2) is 0 Å². The second-order valence-electron chi connectivity index (χ2n) is 2.30. The fraction of sp³-hybridized carbons (Fsp3) is 0.556. The molecule has 1 unspecified atom stereocenters. The fourth-order valence-corrected chi connectivity index (χ4v) is 0.771. The van der Waals surface area contributed by atoms with E-state index in [4.69, 9.17) is 0 Å². The molecule has 0 saturated carbocycles. The van der Waals surface area contributed by atoms with E-state index in [1.807, 2.05) is 13.8 Å². The van der Waals surface area contributed by atoms with Crippen LogP contribution < -0.4 is 5.32 Å². The number of carbonyl (C=O) groups excluding carboxylic acids is 2. The first-order valence-corrected chi connectivity index (χ1v) is 5.27. The highest BCUT2D eigenvalue weighted by Gasteiger charge is 2.07. The van der Waals surface area contributed by atoms with Crippen LogP contribution in [0.5, 0.6) is 0 Å². The van der Waals surface area contributed by atoms with Crippen molar-refractivity contribution in [2.75, 3.05) is 13.3 Å². The minimum atomic E-state index is -0.0978. The predicted molar refractivity (Wildman–Crippen MR) is 61.7 cm³/mol. The Kier molecular flexibility index (Phi) is 11.3. The molecule has 0 heterocycles. The van der Waals surface area contributed by atoms with Crippen molar-refractivity contribution in [2.24, 2.45) is 0 Å². The molecule has 0 rings (SSSR count). The van der Waals surface area contributed by atoms with Gasteiger partial charge in [-0.15, -0.1) is 9.24 Å². The third-order valence-electron chi connectivity index (χ3n) is 1.33. The van der Waals surface area contributed by atoms with E-state index >= 15 is 0 Å². The zero-order chi connectivity index (χ0) is 11.6. The highest BCUT2D eigenvalue weighted by molar-refractivity contribution is 7.16. The summed E-state index contributed by atoms with van der Waals surface area (Å²) in [5, 5.41) is 2.31. The number of nitrogens with zero attached hydrogens (tertiary/aromatic N) is 1. The quantitative estimate of drug-likeness (QED) is 0.434. The zero-order valence-corrected chi connectivity index (χ0v) is 10.4. The highest BCUT2D eigenvalue weighted by atomic mass is 31.0. The first kappa shape index (κ1) is 15.6. The van der Waals surface area contributed by atoms with Crippen LogP contribution >= 0.6 is 9.24 Å². The predicted octanol–water partition coefficient (Wildman–Crippen LogP) is 0.953. The monoisotopic (exact) mass is 218 g/mol.